The largest absolute Gasteiger partial charge is 0.396 e. The zero-order valence-corrected chi connectivity index (χ0v) is 11.6. The normalized spacial score (nSPS) is 27.8. The molecule has 19 heavy (non-hydrogen) atoms. The van der Waals surface area contributed by atoms with Gasteiger partial charge < -0.3 is 15.2 Å². The van der Waals surface area contributed by atoms with E-state index in [0.29, 0.717) is 19.1 Å². The van der Waals surface area contributed by atoms with Crippen molar-refractivity contribution in [1.29, 1.82) is 0 Å². The first-order valence-electron chi connectivity index (χ1n) is 7.53. The van der Waals surface area contributed by atoms with Crippen LogP contribution in [0.5, 0.6) is 0 Å². The molecule has 5 heteroatoms. The zero-order valence-electron chi connectivity index (χ0n) is 11.6. The van der Waals surface area contributed by atoms with Crippen molar-refractivity contribution in [2.75, 3.05) is 32.8 Å². The number of ether oxygens (including phenoxy) is 1. The number of aliphatic hydroxyl groups is 1. The van der Waals surface area contributed by atoms with Crippen molar-refractivity contribution in [2.45, 2.75) is 50.7 Å². The third-order valence-corrected chi connectivity index (χ3v) is 4.09. The molecule has 2 aliphatic rings. The highest BCUT2D eigenvalue weighted by molar-refractivity contribution is 5.78. The smallest absolute Gasteiger partial charge is 0.234 e. The lowest BCUT2D eigenvalue weighted by Gasteiger charge is -2.23. The minimum atomic E-state index is 0.103. The number of rotatable bonds is 7. The Labute approximate surface area is 115 Å². The lowest BCUT2D eigenvalue weighted by Crippen LogP contribution is -2.42. The lowest BCUT2D eigenvalue weighted by molar-refractivity contribution is -0.123. The van der Waals surface area contributed by atoms with E-state index in [-0.39, 0.29) is 18.6 Å². The minimum Gasteiger partial charge on any atom is -0.396 e. The third-order valence-electron chi connectivity index (χ3n) is 4.09. The molecule has 2 N–H and O–H groups in total. The summed E-state index contributed by atoms with van der Waals surface area (Å²) in [5.74, 6) is 0.103. The second-order valence-corrected chi connectivity index (χ2v) is 5.57. The summed E-state index contributed by atoms with van der Waals surface area (Å²) in [4.78, 5) is 14.2. The quantitative estimate of drug-likeness (QED) is 0.708. The number of carbonyl (C=O) groups is 1. The van der Waals surface area contributed by atoms with Crippen LogP contribution in [-0.4, -0.2) is 60.9 Å². The van der Waals surface area contributed by atoms with E-state index in [1.165, 1.54) is 0 Å². The minimum absolute atomic E-state index is 0.103. The van der Waals surface area contributed by atoms with E-state index in [2.05, 4.69) is 10.2 Å². The molecule has 0 aromatic heterocycles. The monoisotopic (exact) mass is 270 g/mol. The van der Waals surface area contributed by atoms with Gasteiger partial charge in [0.15, 0.2) is 0 Å². The van der Waals surface area contributed by atoms with E-state index in [4.69, 9.17) is 9.84 Å². The Morgan fingerprint density at radius 1 is 1.37 bits per heavy atom. The molecule has 2 heterocycles. The number of aliphatic hydroxyl groups excluding tert-OH is 1. The van der Waals surface area contributed by atoms with Gasteiger partial charge in [0, 0.05) is 25.8 Å². The van der Waals surface area contributed by atoms with Crippen LogP contribution in [-0.2, 0) is 9.53 Å². The summed E-state index contributed by atoms with van der Waals surface area (Å²) in [7, 11) is 0. The van der Waals surface area contributed by atoms with Gasteiger partial charge in [0.25, 0.3) is 0 Å². The van der Waals surface area contributed by atoms with Crippen LogP contribution < -0.4 is 5.32 Å². The van der Waals surface area contributed by atoms with E-state index >= 15 is 0 Å². The van der Waals surface area contributed by atoms with E-state index in [1.54, 1.807) is 0 Å². The van der Waals surface area contributed by atoms with Gasteiger partial charge in [-0.1, -0.05) is 0 Å². The second-order valence-electron chi connectivity index (χ2n) is 5.57. The number of nitrogens with zero attached hydrogens (tertiary/aromatic N) is 1. The number of carbonyl (C=O) groups excluding carboxylic acids is 1. The van der Waals surface area contributed by atoms with Crippen LogP contribution in [0.3, 0.4) is 0 Å². The molecule has 0 aliphatic carbocycles. The van der Waals surface area contributed by atoms with Crippen LogP contribution in [0, 0.1) is 0 Å². The third kappa shape index (κ3) is 4.75. The second kappa shape index (κ2) is 7.82. The number of likely N-dealkylation sites (tertiary alicyclic amines) is 1. The van der Waals surface area contributed by atoms with Crippen molar-refractivity contribution in [3.05, 3.63) is 0 Å². The summed E-state index contributed by atoms with van der Waals surface area (Å²) in [6.45, 7) is 3.21. The highest BCUT2D eigenvalue weighted by Gasteiger charge is 2.26. The van der Waals surface area contributed by atoms with E-state index in [0.717, 1.165) is 51.7 Å². The molecular weight excluding hydrogens is 244 g/mol. The predicted molar refractivity (Wildman–Crippen MR) is 72.9 cm³/mol. The summed E-state index contributed by atoms with van der Waals surface area (Å²) < 4.78 is 5.49. The van der Waals surface area contributed by atoms with Gasteiger partial charge in [-0.2, -0.15) is 0 Å². The molecule has 0 aromatic rings. The Bertz CT molecular complexity index is 280. The Hall–Kier alpha value is -0.650. The summed E-state index contributed by atoms with van der Waals surface area (Å²) in [6, 6.07) is 0.473. The summed E-state index contributed by atoms with van der Waals surface area (Å²) in [6.07, 6.45) is 6.52. The van der Waals surface area contributed by atoms with Gasteiger partial charge in [-0.15, -0.1) is 0 Å². The van der Waals surface area contributed by atoms with Crippen LogP contribution in [0.25, 0.3) is 0 Å². The highest BCUT2D eigenvalue weighted by atomic mass is 16.5. The number of amides is 1. The summed E-state index contributed by atoms with van der Waals surface area (Å²) >= 11 is 0. The lowest BCUT2D eigenvalue weighted by atomic mass is 10.1. The topological polar surface area (TPSA) is 61.8 Å². The predicted octanol–water partition coefficient (Wildman–Crippen LogP) is 0.519. The van der Waals surface area contributed by atoms with Crippen LogP contribution in [0.1, 0.15) is 38.5 Å². The fourth-order valence-corrected chi connectivity index (χ4v) is 3.03. The number of hydrogen-bond acceptors (Lipinski definition) is 4. The van der Waals surface area contributed by atoms with E-state index in [9.17, 15) is 4.79 Å². The van der Waals surface area contributed by atoms with Gasteiger partial charge in [0.1, 0.15) is 0 Å². The summed E-state index contributed by atoms with van der Waals surface area (Å²) in [5, 5.41) is 11.9. The first-order chi connectivity index (χ1) is 9.29. The standard InChI is InChI=1S/C14H26N2O3/c17-8-2-5-12-4-1-7-16(12)11-14(18)15-10-13-6-3-9-19-13/h12-13,17H,1-11H2,(H,15,18). The molecule has 0 saturated carbocycles. The Kier molecular flexibility index (Phi) is 6.07. The molecule has 2 saturated heterocycles. The summed E-state index contributed by atoms with van der Waals surface area (Å²) in [5.41, 5.74) is 0. The van der Waals surface area contributed by atoms with Crippen LogP contribution >= 0.6 is 0 Å². The molecule has 0 bridgehead atoms. The molecule has 110 valence electrons. The van der Waals surface area contributed by atoms with Crippen molar-refractivity contribution in [3.8, 4) is 0 Å². The molecule has 2 unspecified atom stereocenters. The maximum Gasteiger partial charge on any atom is 0.234 e. The molecule has 2 atom stereocenters. The molecule has 2 rings (SSSR count). The molecule has 2 aliphatic heterocycles. The molecule has 0 aromatic carbocycles. The van der Waals surface area contributed by atoms with Crippen LogP contribution in [0.4, 0.5) is 0 Å². The maximum atomic E-state index is 11.9. The zero-order chi connectivity index (χ0) is 13.5. The molecule has 1 amide bonds. The average molecular weight is 270 g/mol. The maximum absolute atomic E-state index is 11.9. The van der Waals surface area contributed by atoms with Crippen molar-refractivity contribution in [3.63, 3.8) is 0 Å². The Morgan fingerprint density at radius 2 is 2.26 bits per heavy atom. The van der Waals surface area contributed by atoms with Gasteiger partial charge in [-0.25, -0.2) is 0 Å². The van der Waals surface area contributed by atoms with Crippen LogP contribution in [0.2, 0.25) is 0 Å². The molecular formula is C14H26N2O3. The molecule has 5 nitrogen and oxygen atoms in total. The van der Waals surface area contributed by atoms with Crippen molar-refractivity contribution < 1.29 is 14.6 Å². The van der Waals surface area contributed by atoms with Gasteiger partial charge >= 0.3 is 0 Å². The highest BCUT2D eigenvalue weighted by Crippen LogP contribution is 2.20. The van der Waals surface area contributed by atoms with E-state index < -0.39 is 0 Å². The van der Waals surface area contributed by atoms with E-state index in [1.807, 2.05) is 0 Å². The fourth-order valence-electron chi connectivity index (χ4n) is 3.03. The van der Waals surface area contributed by atoms with Crippen molar-refractivity contribution in [2.24, 2.45) is 0 Å². The SMILES string of the molecule is O=C(CN1CCCC1CCCO)NCC1CCCO1. The average Bonchev–Trinajstić information content (AvgIpc) is 3.05. The first kappa shape index (κ1) is 14.8. The molecule has 0 spiro atoms. The van der Waals surface area contributed by atoms with Gasteiger partial charge in [-0.3, -0.25) is 9.69 Å². The van der Waals surface area contributed by atoms with Crippen molar-refractivity contribution >= 4 is 5.91 Å². The van der Waals surface area contributed by atoms with Crippen LogP contribution in [0.15, 0.2) is 0 Å². The Morgan fingerprint density at radius 3 is 3.00 bits per heavy atom. The fraction of sp³-hybridized carbons (Fsp3) is 0.929. The van der Waals surface area contributed by atoms with Gasteiger partial charge in [0.2, 0.25) is 5.91 Å². The molecule has 2 fully saturated rings. The van der Waals surface area contributed by atoms with Gasteiger partial charge in [0.05, 0.1) is 12.6 Å². The number of nitrogens with one attached hydrogen (secondary N) is 1. The first-order valence-corrected chi connectivity index (χ1v) is 7.53. The Balaban J connectivity index is 1.65. The van der Waals surface area contributed by atoms with Crippen molar-refractivity contribution in [1.82, 2.24) is 10.2 Å². The molecule has 0 radical (unpaired) electrons. The number of hydrogen-bond donors (Lipinski definition) is 2. The van der Waals surface area contributed by atoms with Gasteiger partial charge in [-0.05, 0) is 45.1 Å².